The first-order valence-electron chi connectivity index (χ1n) is 5.75. The van der Waals surface area contributed by atoms with Crippen LogP contribution in [0.5, 0.6) is 0 Å². The van der Waals surface area contributed by atoms with Gasteiger partial charge in [-0.05, 0) is 26.1 Å². The third-order valence-corrected chi connectivity index (χ3v) is 2.82. The van der Waals surface area contributed by atoms with Crippen LogP contribution in [0.15, 0.2) is 18.2 Å². The lowest BCUT2D eigenvalue weighted by molar-refractivity contribution is -0.141. The average Bonchev–Trinajstić information content (AvgIpc) is 2.29. The number of nitrogens with zero attached hydrogens (tertiary/aromatic N) is 1. The van der Waals surface area contributed by atoms with Crippen LogP contribution in [0.4, 0.5) is 8.78 Å². The van der Waals surface area contributed by atoms with Crippen molar-refractivity contribution in [1.82, 2.24) is 4.90 Å². The number of hydrogen-bond donors (Lipinski definition) is 1. The van der Waals surface area contributed by atoms with E-state index in [1.165, 1.54) is 12.1 Å². The lowest BCUT2D eigenvalue weighted by Gasteiger charge is -2.18. The zero-order valence-electron chi connectivity index (χ0n) is 10.5. The molecule has 0 bridgehead atoms. The molecule has 0 aliphatic rings. The van der Waals surface area contributed by atoms with Crippen LogP contribution in [0.25, 0.3) is 0 Å². The van der Waals surface area contributed by atoms with Gasteiger partial charge in [-0.15, -0.1) is 0 Å². The molecule has 0 spiro atoms. The molecular weight excluding hydrogens is 240 g/mol. The van der Waals surface area contributed by atoms with Crippen molar-refractivity contribution in [3.8, 4) is 0 Å². The normalized spacial score (nSPS) is 12.7. The molecule has 5 heteroatoms. The molecule has 1 rings (SSSR count). The highest BCUT2D eigenvalue weighted by Gasteiger charge is 2.12. The Balaban J connectivity index is 2.49. The van der Waals surface area contributed by atoms with E-state index in [0.29, 0.717) is 25.1 Å². The number of hydrogen-bond acceptors (Lipinski definition) is 2. The molecule has 0 saturated carbocycles. The van der Waals surface area contributed by atoms with Gasteiger partial charge in [0, 0.05) is 18.2 Å². The van der Waals surface area contributed by atoms with Crippen molar-refractivity contribution < 1.29 is 18.7 Å². The van der Waals surface area contributed by atoms with E-state index in [1.54, 1.807) is 14.0 Å². The molecule has 1 unspecified atom stereocenters. The van der Waals surface area contributed by atoms with Crippen molar-refractivity contribution in [3.63, 3.8) is 0 Å². The molecule has 0 aromatic heterocycles. The monoisotopic (exact) mass is 257 g/mol. The smallest absolute Gasteiger partial charge is 0.306 e. The molecule has 0 saturated heterocycles. The second-order valence-corrected chi connectivity index (χ2v) is 4.50. The third kappa shape index (κ3) is 4.41. The minimum Gasteiger partial charge on any atom is -0.481 e. The Kier molecular flexibility index (Phi) is 5.22. The Morgan fingerprint density at radius 1 is 1.44 bits per heavy atom. The van der Waals surface area contributed by atoms with Gasteiger partial charge < -0.3 is 10.0 Å². The second kappa shape index (κ2) is 6.44. The molecule has 1 aromatic carbocycles. The van der Waals surface area contributed by atoms with E-state index in [4.69, 9.17) is 5.11 Å². The summed E-state index contributed by atoms with van der Waals surface area (Å²) in [6.07, 6.45) is 0.495. The second-order valence-electron chi connectivity index (χ2n) is 4.50. The number of carboxylic acid groups (broad SMARTS) is 1. The summed E-state index contributed by atoms with van der Waals surface area (Å²) in [5.74, 6) is -2.44. The lowest BCUT2D eigenvalue weighted by Crippen LogP contribution is -2.23. The maximum Gasteiger partial charge on any atom is 0.306 e. The first kappa shape index (κ1) is 14.6. The minimum absolute atomic E-state index is 0.332. The van der Waals surface area contributed by atoms with Crippen molar-refractivity contribution in [1.29, 1.82) is 0 Å². The predicted octanol–water partition coefficient (Wildman–Crippen LogP) is 2.51. The van der Waals surface area contributed by atoms with Crippen LogP contribution in [-0.4, -0.2) is 29.6 Å². The van der Waals surface area contributed by atoms with E-state index in [1.807, 2.05) is 4.90 Å². The van der Waals surface area contributed by atoms with E-state index in [2.05, 4.69) is 0 Å². The SMILES string of the molecule is CC(CCN(C)Cc1ccc(F)cc1F)C(=O)O. The van der Waals surface area contributed by atoms with Crippen LogP contribution in [0, 0.1) is 17.6 Å². The summed E-state index contributed by atoms with van der Waals surface area (Å²) >= 11 is 0. The molecule has 0 fully saturated rings. The van der Waals surface area contributed by atoms with E-state index in [0.717, 1.165) is 6.07 Å². The van der Waals surface area contributed by atoms with Crippen molar-refractivity contribution in [2.24, 2.45) is 5.92 Å². The van der Waals surface area contributed by atoms with Gasteiger partial charge in [0.15, 0.2) is 0 Å². The zero-order chi connectivity index (χ0) is 13.7. The van der Waals surface area contributed by atoms with Gasteiger partial charge in [0.1, 0.15) is 11.6 Å². The molecule has 18 heavy (non-hydrogen) atoms. The van der Waals surface area contributed by atoms with Gasteiger partial charge in [-0.25, -0.2) is 8.78 Å². The fourth-order valence-corrected chi connectivity index (χ4v) is 1.56. The van der Waals surface area contributed by atoms with Crippen LogP contribution in [0.1, 0.15) is 18.9 Å². The number of carbonyl (C=O) groups is 1. The molecule has 1 atom stereocenters. The quantitative estimate of drug-likeness (QED) is 0.851. The first-order valence-corrected chi connectivity index (χ1v) is 5.75. The maximum atomic E-state index is 13.4. The van der Waals surface area contributed by atoms with Gasteiger partial charge in [0.2, 0.25) is 0 Å². The molecule has 0 aliphatic carbocycles. The van der Waals surface area contributed by atoms with E-state index in [-0.39, 0.29) is 0 Å². The Morgan fingerprint density at radius 2 is 2.11 bits per heavy atom. The highest BCUT2D eigenvalue weighted by atomic mass is 19.1. The van der Waals surface area contributed by atoms with Crippen LogP contribution in [-0.2, 0) is 11.3 Å². The van der Waals surface area contributed by atoms with E-state index >= 15 is 0 Å². The van der Waals surface area contributed by atoms with Crippen molar-refractivity contribution in [2.75, 3.05) is 13.6 Å². The molecule has 0 radical (unpaired) electrons. The van der Waals surface area contributed by atoms with Crippen LogP contribution >= 0.6 is 0 Å². The molecule has 0 amide bonds. The van der Waals surface area contributed by atoms with Crippen molar-refractivity contribution >= 4 is 5.97 Å². The molecular formula is C13H17F2NO2. The summed E-state index contributed by atoms with van der Waals surface area (Å²) < 4.78 is 26.1. The number of carboxylic acids is 1. The molecule has 0 heterocycles. The summed E-state index contributed by atoms with van der Waals surface area (Å²) in [7, 11) is 1.78. The van der Waals surface area contributed by atoms with Gasteiger partial charge in [0.25, 0.3) is 0 Å². The fraction of sp³-hybridized carbons (Fsp3) is 0.462. The number of benzene rings is 1. The lowest BCUT2D eigenvalue weighted by atomic mass is 10.1. The summed E-state index contributed by atoms with van der Waals surface area (Å²) in [6.45, 7) is 2.51. The van der Waals surface area contributed by atoms with Gasteiger partial charge in [0.05, 0.1) is 5.92 Å². The highest BCUT2D eigenvalue weighted by molar-refractivity contribution is 5.69. The van der Waals surface area contributed by atoms with Gasteiger partial charge in [-0.2, -0.15) is 0 Å². The van der Waals surface area contributed by atoms with Crippen molar-refractivity contribution in [2.45, 2.75) is 19.9 Å². The first-order chi connectivity index (χ1) is 8.40. The summed E-state index contributed by atoms with van der Waals surface area (Å²) in [5, 5.41) is 8.74. The topological polar surface area (TPSA) is 40.5 Å². The number of aliphatic carboxylic acids is 1. The predicted molar refractivity (Wildman–Crippen MR) is 64.1 cm³/mol. The number of halogens is 2. The Bertz CT molecular complexity index is 423. The Labute approximate surface area is 105 Å². The third-order valence-electron chi connectivity index (χ3n) is 2.82. The van der Waals surface area contributed by atoms with Crippen molar-refractivity contribution in [3.05, 3.63) is 35.4 Å². The van der Waals surface area contributed by atoms with E-state index in [9.17, 15) is 13.6 Å². The van der Waals surface area contributed by atoms with E-state index < -0.39 is 23.5 Å². The molecule has 100 valence electrons. The largest absolute Gasteiger partial charge is 0.481 e. The zero-order valence-corrected chi connectivity index (χ0v) is 10.5. The standard InChI is InChI=1S/C13H17F2NO2/c1-9(13(17)18)5-6-16(2)8-10-3-4-11(14)7-12(10)15/h3-4,7,9H,5-6,8H2,1-2H3,(H,17,18). The molecule has 1 N–H and O–H groups in total. The van der Waals surface area contributed by atoms with Gasteiger partial charge in [-0.3, -0.25) is 4.79 Å². The van der Waals surface area contributed by atoms with Crippen LogP contribution in [0.2, 0.25) is 0 Å². The summed E-state index contributed by atoms with van der Waals surface area (Å²) in [5.41, 5.74) is 0.405. The average molecular weight is 257 g/mol. The Morgan fingerprint density at radius 3 is 2.67 bits per heavy atom. The summed E-state index contributed by atoms with van der Waals surface area (Å²) in [6, 6.07) is 3.47. The van der Waals surface area contributed by atoms with Crippen LogP contribution in [0.3, 0.4) is 0 Å². The van der Waals surface area contributed by atoms with Crippen LogP contribution < -0.4 is 0 Å². The molecule has 1 aromatic rings. The highest BCUT2D eigenvalue weighted by Crippen LogP contribution is 2.12. The molecule has 0 aliphatic heterocycles. The minimum atomic E-state index is -0.837. The maximum absolute atomic E-state index is 13.4. The van der Waals surface area contributed by atoms with Gasteiger partial charge in [-0.1, -0.05) is 13.0 Å². The summed E-state index contributed by atoms with van der Waals surface area (Å²) in [4.78, 5) is 12.5. The number of rotatable bonds is 6. The molecule has 3 nitrogen and oxygen atoms in total. The Hall–Kier alpha value is -1.49. The van der Waals surface area contributed by atoms with Gasteiger partial charge >= 0.3 is 5.97 Å². The fourth-order valence-electron chi connectivity index (χ4n) is 1.56.